The normalized spacial score (nSPS) is 19.7. The molecule has 3 aliphatic rings. The molecule has 1 aromatic carbocycles. The Morgan fingerprint density at radius 3 is 2.38 bits per heavy atom. The molecule has 5 rings (SSSR count). The van der Waals surface area contributed by atoms with Gasteiger partial charge >= 0.3 is 5.97 Å². The molecule has 2 aliphatic carbocycles. The summed E-state index contributed by atoms with van der Waals surface area (Å²) in [7, 11) is -4.05. The summed E-state index contributed by atoms with van der Waals surface area (Å²) in [6.45, 7) is 3.02. The summed E-state index contributed by atoms with van der Waals surface area (Å²) in [5.41, 5.74) is 0.900. The third kappa shape index (κ3) is 7.08. The van der Waals surface area contributed by atoms with Crippen LogP contribution < -0.4 is 20.5 Å². The number of amides is 1. The first kappa shape index (κ1) is 29.9. The van der Waals surface area contributed by atoms with E-state index in [1.165, 1.54) is 37.1 Å². The second-order valence-electron chi connectivity index (χ2n) is 11.4. The van der Waals surface area contributed by atoms with Gasteiger partial charge in [0, 0.05) is 32.0 Å². The van der Waals surface area contributed by atoms with Gasteiger partial charge in [-0.25, -0.2) is 21.9 Å². The number of nitrogens with zero attached hydrogens (tertiary/aromatic N) is 3. The third-order valence-corrected chi connectivity index (χ3v) is 9.51. The Labute approximate surface area is 242 Å². The maximum absolute atomic E-state index is 13.6. The second-order valence-corrected chi connectivity index (χ2v) is 13.2. The molecule has 2 aromatic rings. The van der Waals surface area contributed by atoms with Crippen LogP contribution >= 0.6 is 0 Å². The molecule has 228 valence electrons. The Bertz CT molecular complexity index is 1500. The third-order valence-electron chi connectivity index (χ3n) is 8.35. The Morgan fingerprint density at radius 1 is 1.05 bits per heavy atom. The van der Waals surface area contributed by atoms with E-state index in [2.05, 4.69) is 15.1 Å². The number of hydrogen-bond donors (Lipinski definition) is 2. The van der Waals surface area contributed by atoms with Gasteiger partial charge < -0.3 is 15.0 Å². The predicted molar refractivity (Wildman–Crippen MR) is 153 cm³/mol. The highest BCUT2D eigenvalue weighted by atomic mass is 32.2. The molecule has 1 saturated heterocycles. The van der Waals surface area contributed by atoms with Crippen molar-refractivity contribution >= 4 is 39.1 Å². The summed E-state index contributed by atoms with van der Waals surface area (Å²) >= 11 is 0. The molecule has 1 spiro atoms. The number of carbonyl (C=O) groups is 2. The molecule has 2 heterocycles. The van der Waals surface area contributed by atoms with Crippen LogP contribution in [0.4, 0.5) is 26.0 Å². The summed E-state index contributed by atoms with van der Waals surface area (Å²) < 4.78 is 60.7. The molecule has 11 nitrogen and oxygen atoms in total. The van der Waals surface area contributed by atoms with E-state index in [1.807, 2.05) is 4.90 Å². The minimum absolute atomic E-state index is 0.0573. The molecule has 2 N–H and O–H groups in total. The van der Waals surface area contributed by atoms with Gasteiger partial charge in [-0.2, -0.15) is 5.10 Å². The summed E-state index contributed by atoms with van der Waals surface area (Å²) in [5, 5.41) is 6.98. The van der Waals surface area contributed by atoms with E-state index in [0.29, 0.717) is 24.2 Å². The number of anilines is 3. The van der Waals surface area contributed by atoms with E-state index in [4.69, 9.17) is 4.74 Å². The highest BCUT2D eigenvalue weighted by Crippen LogP contribution is 2.54. The van der Waals surface area contributed by atoms with Crippen molar-refractivity contribution in [2.75, 3.05) is 40.4 Å². The van der Waals surface area contributed by atoms with Crippen LogP contribution in [0.15, 0.2) is 35.1 Å². The fourth-order valence-corrected chi connectivity index (χ4v) is 6.68. The van der Waals surface area contributed by atoms with Crippen LogP contribution in [0.25, 0.3) is 0 Å². The average Bonchev–Trinajstić information content (AvgIpc) is 3.68. The Morgan fingerprint density at radius 2 is 1.74 bits per heavy atom. The number of aromatic nitrogens is 2. The Hall–Kier alpha value is -3.55. The van der Waals surface area contributed by atoms with Gasteiger partial charge in [0.15, 0.2) is 11.6 Å². The van der Waals surface area contributed by atoms with Crippen molar-refractivity contribution in [1.29, 1.82) is 0 Å². The van der Waals surface area contributed by atoms with Gasteiger partial charge in [0.2, 0.25) is 15.9 Å². The SMILES string of the molecule is CCOC(=O)CS(=O)(=O)Nc1ccc(C(=O)Nc2ccc(=O)n(C3CCC(F)(F)CC3)n2)c(N2CCC3(CC2)CC3)c1. The lowest BCUT2D eigenvalue weighted by molar-refractivity contribution is -0.139. The van der Waals surface area contributed by atoms with Crippen LogP contribution in [0.5, 0.6) is 0 Å². The average molecular weight is 608 g/mol. The number of alkyl halides is 2. The zero-order valence-electron chi connectivity index (χ0n) is 23.4. The maximum atomic E-state index is 13.6. The maximum Gasteiger partial charge on any atom is 0.323 e. The van der Waals surface area contributed by atoms with Gasteiger partial charge in [-0.3, -0.25) is 19.1 Å². The van der Waals surface area contributed by atoms with Crippen molar-refractivity contribution in [1.82, 2.24) is 9.78 Å². The number of benzene rings is 1. The highest BCUT2D eigenvalue weighted by molar-refractivity contribution is 7.93. The number of hydrogen-bond acceptors (Lipinski definition) is 8. The first-order valence-electron chi connectivity index (χ1n) is 14.2. The fraction of sp³-hybridized carbons (Fsp3) is 0.571. The van der Waals surface area contributed by atoms with Crippen molar-refractivity contribution < 1.29 is 31.5 Å². The van der Waals surface area contributed by atoms with E-state index in [1.54, 1.807) is 13.0 Å². The summed E-state index contributed by atoms with van der Waals surface area (Å²) in [6, 6.07) is 6.62. The van der Waals surface area contributed by atoms with E-state index < -0.39 is 45.2 Å². The van der Waals surface area contributed by atoms with Crippen molar-refractivity contribution in [2.45, 2.75) is 70.3 Å². The van der Waals surface area contributed by atoms with E-state index in [0.717, 1.165) is 17.5 Å². The highest BCUT2D eigenvalue weighted by Gasteiger charge is 2.44. The minimum Gasteiger partial charge on any atom is -0.465 e. The van der Waals surface area contributed by atoms with Crippen molar-refractivity contribution in [2.24, 2.45) is 5.41 Å². The monoisotopic (exact) mass is 607 g/mol. The molecule has 1 amide bonds. The van der Waals surface area contributed by atoms with Gasteiger partial charge in [-0.15, -0.1) is 0 Å². The first-order valence-corrected chi connectivity index (χ1v) is 15.9. The number of carbonyl (C=O) groups excluding carboxylic acids is 2. The quantitative estimate of drug-likeness (QED) is 0.409. The van der Waals surface area contributed by atoms with Gasteiger partial charge in [0.1, 0.15) is 0 Å². The topological polar surface area (TPSA) is 140 Å². The van der Waals surface area contributed by atoms with Crippen LogP contribution in [-0.2, 0) is 19.6 Å². The number of piperidine rings is 1. The summed E-state index contributed by atoms with van der Waals surface area (Å²) in [4.78, 5) is 39.8. The van der Waals surface area contributed by atoms with E-state index in [-0.39, 0.29) is 49.4 Å². The number of esters is 1. The van der Waals surface area contributed by atoms with Crippen molar-refractivity contribution in [3.8, 4) is 0 Å². The van der Waals surface area contributed by atoms with Crippen LogP contribution in [0.1, 0.15) is 74.7 Å². The first-order chi connectivity index (χ1) is 19.9. The summed E-state index contributed by atoms with van der Waals surface area (Å²) in [6.07, 6.45) is 3.82. The molecule has 2 saturated carbocycles. The van der Waals surface area contributed by atoms with Crippen molar-refractivity contribution in [3.63, 3.8) is 0 Å². The molecule has 42 heavy (non-hydrogen) atoms. The van der Waals surface area contributed by atoms with Crippen LogP contribution in [-0.4, -0.2) is 61.4 Å². The van der Waals surface area contributed by atoms with Crippen LogP contribution in [0.3, 0.4) is 0 Å². The number of rotatable bonds is 9. The molecule has 0 radical (unpaired) electrons. The number of halogens is 2. The molecule has 1 aliphatic heterocycles. The zero-order valence-corrected chi connectivity index (χ0v) is 24.2. The lowest BCUT2D eigenvalue weighted by atomic mass is 9.92. The molecule has 3 fully saturated rings. The van der Waals surface area contributed by atoms with Gasteiger partial charge in [-0.05, 0) is 75.1 Å². The smallest absolute Gasteiger partial charge is 0.323 e. The van der Waals surface area contributed by atoms with Crippen molar-refractivity contribution in [3.05, 3.63) is 46.2 Å². The fourth-order valence-electron chi connectivity index (χ4n) is 5.73. The molecule has 14 heteroatoms. The number of nitrogens with one attached hydrogen (secondary N) is 2. The molecule has 1 aromatic heterocycles. The lowest BCUT2D eigenvalue weighted by Crippen LogP contribution is -2.36. The standard InChI is InChI=1S/C28H35F2N5O6S/c1-2-41-25(37)18-42(39,40)33-19-3-4-21(22(17-19)34-15-13-27(11-12-27)14-16-34)26(38)31-23-5-6-24(36)35(32-23)20-7-9-28(29,30)10-8-20/h3-6,17,20,33H,2,7-16,18H2,1H3,(H,31,32,38). The molecular formula is C28H35F2N5O6S. The predicted octanol–water partition coefficient (Wildman–Crippen LogP) is 3.93. The Balaban J connectivity index is 1.38. The molecule has 0 unspecified atom stereocenters. The largest absolute Gasteiger partial charge is 0.465 e. The molecular weight excluding hydrogens is 572 g/mol. The van der Waals surface area contributed by atoms with Gasteiger partial charge in [0.05, 0.1) is 29.6 Å². The molecule has 0 bridgehead atoms. The molecule has 0 atom stereocenters. The summed E-state index contributed by atoms with van der Waals surface area (Å²) in [5.74, 6) is -4.90. The van der Waals surface area contributed by atoms with E-state index in [9.17, 15) is 31.6 Å². The van der Waals surface area contributed by atoms with E-state index >= 15 is 0 Å². The van der Waals surface area contributed by atoms with Crippen LogP contribution in [0.2, 0.25) is 0 Å². The number of sulfonamides is 1. The number of ether oxygens (including phenoxy) is 1. The van der Waals surface area contributed by atoms with Gasteiger partial charge in [0.25, 0.3) is 11.5 Å². The van der Waals surface area contributed by atoms with Crippen LogP contribution in [0, 0.1) is 5.41 Å². The Kier molecular flexibility index (Phi) is 8.28. The zero-order chi connectivity index (χ0) is 30.1. The minimum atomic E-state index is -4.05. The van der Waals surface area contributed by atoms with Gasteiger partial charge in [-0.1, -0.05) is 0 Å². The lowest BCUT2D eigenvalue weighted by Gasteiger charge is -2.35. The second kappa shape index (κ2) is 11.6.